The lowest BCUT2D eigenvalue weighted by atomic mass is 9.96. The highest BCUT2D eigenvalue weighted by molar-refractivity contribution is 7.91. The van der Waals surface area contributed by atoms with E-state index in [0.717, 1.165) is 18.5 Å². The number of benzene rings is 1. The number of halogens is 1. The van der Waals surface area contributed by atoms with Gasteiger partial charge in [0.1, 0.15) is 5.82 Å². The fourth-order valence-corrected chi connectivity index (χ4v) is 3.20. The largest absolute Gasteiger partial charge is 0.316 e. The number of rotatable bonds is 9. The number of nitrogens with one attached hydrogen (secondary N) is 1. The molecule has 0 aliphatic carbocycles. The predicted octanol–water partition coefficient (Wildman–Crippen LogP) is 3.12. The van der Waals surface area contributed by atoms with Crippen LogP contribution in [0.2, 0.25) is 0 Å². The van der Waals surface area contributed by atoms with Gasteiger partial charge in [0.05, 0.1) is 11.0 Å². The molecule has 1 unspecified atom stereocenters. The second-order valence-electron chi connectivity index (χ2n) is 5.66. The van der Waals surface area contributed by atoms with Gasteiger partial charge in [-0.05, 0) is 56.8 Å². The van der Waals surface area contributed by atoms with Crippen LogP contribution in [0.25, 0.3) is 0 Å². The molecule has 0 aromatic heterocycles. The van der Waals surface area contributed by atoms with Crippen LogP contribution in [-0.2, 0) is 9.84 Å². The van der Waals surface area contributed by atoms with Gasteiger partial charge in [0.2, 0.25) is 0 Å². The molecule has 5 heteroatoms. The van der Waals surface area contributed by atoms with Crippen LogP contribution >= 0.6 is 0 Å². The van der Waals surface area contributed by atoms with E-state index in [9.17, 15) is 12.8 Å². The van der Waals surface area contributed by atoms with Crippen molar-refractivity contribution in [3.05, 3.63) is 35.6 Å². The first-order chi connectivity index (χ1) is 9.86. The van der Waals surface area contributed by atoms with Crippen molar-refractivity contribution < 1.29 is 12.8 Å². The van der Waals surface area contributed by atoms with Gasteiger partial charge in [-0.3, -0.25) is 0 Å². The second kappa shape index (κ2) is 8.49. The lowest BCUT2D eigenvalue weighted by Gasteiger charge is -2.19. The molecule has 1 aromatic carbocycles. The van der Waals surface area contributed by atoms with Gasteiger partial charge in [-0.1, -0.05) is 19.1 Å². The van der Waals surface area contributed by atoms with Crippen LogP contribution in [0.4, 0.5) is 4.39 Å². The van der Waals surface area contributed by atoms with Gasteiger partial charge in [-0.25, -0.2) is 12.8 Å². The molecule has 1 N–H and O–H groups in total. The van der Waals surface area contributed by atoms with Crippen molar-refractivity contribution in [1.29, 1.82) is 0 Å². The Morgan fingerprint density at radius 1 is 1.19 bits per heavy atom. The van der Waals surface area contributed by atoms with Crippen LogP contribution in [-0.4, -0.2) is 32.5 Å². The molecular weight excluding hydrogens is 289 g/mol. The molecule has 0 saturated carbocycles. The maximum atomic E-state index is 13.0. The first-order valence-electron chi connectivity index (χ1n) is 7.54. The van der Waals surface area contributed by atoms with Crippen molar-refractivity contribution in [2.45, 2.75) is 44.8 Å². The zero-order chi connectivity index (χ0) is 15.9. The summed E-state index contributed by atoms with van der Waals surface area (Å²) in [5, 5.41) is 2.97. The van der Waals surface area contributed by atoms with Crippen molar-refractivity contribution in [3.63, 3.8) is 0 Å². The Bertz CT molecular complexity index is 512. The number of sulfone groups is 1. The standard InChI is InChI=1S/C16H26FNO2S/c1-4-10-18-12-15(9-11-21(19,20)13(2)3)14-5-7-16(17)8-6-14/h5-8,13,15,18H,4,9-12H2,1-3H3. The topological polar surface area (TPSA) is 46.2 Å². The normalized spacial score (nSPS) is 13.6. The van der Waals surface area contributed by atoms with Gasteiger partial charge in [-0.15, -0.1) is 0 Å². The van der Waals surface area contributed by atoms with E-state index >= 15 is 0 Å². The summed E-state index contributed by atoms with van der Waals surface area (Å²) in [6.45, 7) is 7.11. The predicted molar refractivity (Wildman–Crippen MR) is 85.8 cm³/mol. The average Bonchev–Trinajstić information content (AvgIpc) is 2.43. The highest BCUT2D eigenvalue weighted by atomic mass is 32.2. The van der Waals surface area contributed by atoms with Crippen molar-refractivity contribution in [1.82, 2.24) is 5.32 Å². The maximum Gasteiger partial charge on any atom is 0.152 e. The monoisotopic (exact) mass is 315 g/mol. The Morgan fingerprint density at radius 2 is 1.81 bits per heavy atom. The molecule has 0 fully saturated rings. The number of hydrogen-bond acceptors (Lipinski definition) is 3. The zero-order valence-corrected chi connectivity index (χ0v) is 13.9. The molecule has 0 spiro atoms. The Morgan fingerprint density at radius 3 is 2.33 bits per heavy atom. The minimum absolute atomic E-state index is 0.0886. The quantitative estimate of drug-likeness (QED) is 0.712. The van der Waals surface area contributed by atoms with Gasteiger partial charge in [0, 0.05) is 6.54 Å². The summed E-state index contributed by atoms with van der Waals surface area (Å²) in [6.07, 6.45) is 1.59. The van der Waals surface area contributed by atoms with E-state index in [1.165, 1.54) is 12.1 Å². The summed E-state index contributed by atoms with van der Waals surface area (Å²) in [7, 11) is -3.04. The van der Waals surface area contributed by atoms with Gasteiger partial charge in [-0.2, -0.15) is 0 Å². The lowest BCUT2D eigenvalue weighted by molar-refractivity contribution is 0.549. The third kappa shape index (κ3) is 6.14. The van der Waals surface area contributed by atoms with Crippen molar-refractivity contribution in [2.75, 3.05) is 18.8 Å². The van der Waals surface area contributed by atoms with E-state index in [1.54, 1.807) is 26.0 Å². The summed E-state index contributed by atoms with van der Waals surface area (Å²) in [5.41, 5.74) is 0.985. The maximum absolute atomic E-state index is 13.0. The molecule has 1 atom stereocenters. The fourth-order valence-electron chi connectivity index (χ4n) is 2.12. The van der Waals surface area contributed by atoms with Gasteiger partial charge >= 0.3 is 0 Å². The summed E-state index contributed by atoms with van der Waals surface area (Å²) in [5.74, 6) is -0.0138. The van der Waals surface area contributed by atoms with Gasteiger partial charge < -0.3 is 5.32 Å². The average molecular weight is 315 g/mol. The van der Waals surface area contributed by atoms with Gasteiger partial charge in [0.15, 0.2) is 9.84 Å². The van der Waals surface area contributed by atoms with E-state index < -0.39 is 9.84 Å². The first-order valence-corrected chi connectivity index (χ1v) is 9.26. The molecule has 0 radical (unpaired) electrons. The molecular formula is C16H26FNO2S. The first kappa shape index (κ1) is 18.1. The Balaban J connectivity index is 2.75. The third-order valence-corrected chi connectivity index (χ3v) is 5.87. The van der Waals surface area contributed by atoms with Crippen LogP contribution in [0.15, 0.2) is 24.3 Å². The van der Waals surface area contributed by atoms with E-state index in [2.05, 4.69) is 12.2 Å². The molecule has 0 bridgehead atoms. The Labute approximate surface area is 127 Å². The Hall–Kier alpha value is -0.940. The van der Waals surface area contributed by atoms with Crippen molar-refractivity contribution in [3.8, 4) is 0 Å². The van der Waals surface area contributed by atoms with E-state index in [-0.39, 0.29) is 22.7 Å². The molecule has 0 heterocycles. The minimum Gasteiger partial charge on any atom is -0.316 e. The molecule has 0 saturated heterocycles. The summed E-state index contributed by atoms with van der Waals surface area (Å²) in [4.78, 5) is 0. The zero-order valence-electron chi connectivity index (χ0n) is 13.1. The van der Waals surface area contributed by atoms with E-state index in [0.29, 0.717) is 13.0 Å². The van der Waals surface area contributed by atoms with Crippen LogP contribution in [0, 0.1) is 5.82 Å². The summed E-state index contributed by atoms with van der Waals surface area (Å²) >= 11 is 0. The Kier molecular flexibility index (Phi) is 7.32. The molecule has 21 heavy (non-hydrogen) atoms. The van der Waals surface area contributed by atoms with Crippen LogP contribution < -0.4 is 5.32 Å². The summed E-state index contributed by atoms with van der Waals surface area (Å²) in [6, 6.07) is 6.35. The SMILES string of the molecule is CCCNCC(CCS(=O)(=O)C(C)C)c1ccc(F)cc1. The van der Waals surface area contributed by atoms with E-state index in [1.807, 2.05) is 0 Å². The number of hydrogen-bond donors (Lipinski definition) is 1. The fraction of sp³-hybridized carbons (Fsp3) is 0.625. The molecule has 1 rings (SSSR count). The molecule has 0 aliphatic heterocycles. The molecule has 0 amide bonds. The van der Waals surface area contributed by atoms with E-state index in [4.69, 9.17) is 0 Å². The molecule has 1 aromatic rings. The van der Waals surface area contributed by atoms with Crippen molar-refractivity contribution in [2.24, 2.45) is 0 Å². The summed E-state index contributed by atoms with van der Waals surface area (Å²) < 4.78 is 37.0. The third-order valence-electron chi connectivity index (χ3n) is 3.63. The molecule has 0 aliphatic rings. The highest BCUT2D eigenvalue weighted by Crippen LogP contribution is 2.21. The molecule has 120 valence electrons. The van der Waals surface area contributed by atoms with Crippen LogP contribution in [0.1, 0.15) is 45.1 Å². The highest BCUT2D eigenvalue weighted by Gasteiger charge is 2.20. The van der Waals surface area contributed by atoms with Gasteiger partial charge in [0.25, 0.3) is 0 Å². The lowest BCUT2D eigenvalue weighted by Crippen LogP contribution is -2.26. The smallest absolute Gasteiger partial charge is 0.152 e. The minimum atomic E-state index is -3.04. The van der Waals surface area contributed by atoms with Crippen molar-refractivity contribution >= 4 is 9.84 Å². The van der Waals surface area contributed by atoms with Crippen LogP contribution in [0.3, 0.4) is 0 Å². The van der Waals surface area contributed by atoms with Crippen LogP contribution in [0.5, 0.6) is 0 Å². The molecule has 3 nitrogen and oxygen atoms in total. The second-order valence-corrected chi connectivity index (χ2v) is 8.33.